The van der Waals surface area contributed by atoms with Gasteiger partial charge in [-0.15, -0.1) is 0 Å². The number of hydrogen-bond donors (Lipinski definition) is 1. The van der Waals surface area contributed by atoms with E-state index in [1.54, 1.807) is 7.11 Å². The third kappa shape index (κ3) is 2.15. The molecule has 0 aliphatic heterocycles. The van der Waals surface area contributed by atoms with E-state index in [0.29, 0.717) is 17.8 Å². The van der Waals surface area contributed by atoms with Crippen LogP contribution in [-0.2, 0) is 6.42 Å². The Kier molecular flexibility index (Phi) is 3.38. The summed E-state index contributed by atoms with van der Waals surface area (Å²) in [4.78, 5) is 0. The van der Waals surface area contributed by atoms with E-state index in [-0.39, 0.29) is 0 Å². The maximum Gasteiger partial charge on any atom is 0.176 e. The van der Waals surface area contributed by atoms with E-state index >= 15 is 0 Å². The number of furan rings is 1. The molecule has 1 unspecified atom stereocenters. The zero-order valence-electron chi connectivity index (χ0n) is 10.5. The van der Waals surface area contributed by atoms with Crippen LogP contribution in [0.3, 0.4) is 0 Å². The van der Waals surface area contributed by atoms with Crippen LogP contribution in [0.4, 0.5) is 0 Å². The summed E-state index contributed by atoms with van der Waals surface area (Å²) in [5.74, 6) is 1.34. The number of aliphatic hydroxyl groups is 1. The number of aryl methyl sites for hydroxylation is 1. The van der Waals surface area contributed by atoms with Crippen molar-refractivity contribution in [3.63, 3.8) is 0 Å². The Balaban J connectivity index is 2.58. The van der Waals surface area contributed by atoms with E-state index in [4.69, 9.17) is 9.15 Å². The van der Waals surface area contributed by atoms with Crippen LogP contribution in [0.2, 0.25) is 0 Å². The maximum atomic E-state index is 9.79. The molecule has 2 aromatic rings. The standard InChI is InChI=1S/C14H18O3/c1-4-9-6-10-8-12(11(15)5-2)17-14(10)13(7-9)16-3/h6-8,11,15H,4-5H2,1-3H3. The fraction of sp³-hybridized carbons (Fsp3) is 0.429. The highest BCUT2D eigenvalue weighted by Crippen LogP contribution is 2.33. The Labute approximate surface area is 101 Å². The second-order valence-corrected chi connectivity index (χ2v) is 4.14. The summed E-state index contributed by atoms with van der Waals surface area (Å²) < 4.78 is 11.0. The molecule has 0 spiro atoms. The predicted octanol–water partition coefficient (Wildman–Crippen LogP) is 3.45. The number of benzene rings is 1. The molecule has 3 nitrogen and oxygen atoms in total. The lowest BCUT2D eigenvalue weighted by Crippen LogP contribution is -1.91. The Morgan fingerprint density at radius 3 is 2.65 bits per heavy atom. The number of hydrogen-bond acceptors (Lipinski definition) is 3. The van der Waals surface area contributed by atoms with Gasteiger partial charge in [-0.05, 0) is 36.6 Å². The van der Waals surface area contributed by atoms with Crippen molar-refractivity contribution in [1.29, 1.82) is 0 Å². The van der Waals surface area contributed by atoms with Gasteiger partial charge >= 0.3 is 0 Å². The average molecular weight is 234 g/mol. The Hall–Kier alpha value is -1.48. The lowest BCUT2D eigenvalue weighted by molar-refractivity contribution is 0.148. The van der Waals surface area contributed by atoms with Gasteiger partial charge in [-0.25, -0.2) is 0 Å². The lowest BCUT2D eigenvalue weighted by atomic mass is 10.1. The first kappa shape index (κ1) is 12.0. The second-order valence-electron chi connectivity index (χ2n) is 4.14. The summed E-state index contributed by atoms with van der Waals surface area (Å²) in [5.41, 5.74) is 1.92. The summed E-state index contributed by atoms with van der Waals surface area (Å²) in [6, 6.07) is 5.95. The molecule has 1 aromatic heterocycles. The van der Waals surface area contributed by atoms with E-state index in [0.717, 1.165) is 17.6 Å². The van der Waals surface area contributed by atoms with Crippen molar-refractivity contribution in [2.24, 2.45) is 0 Å². The molecule has 0 radical (unpaired) electrons. The molecule has 0 saturated heterocycles. The Morgan fingerprint density at radius 2 is 2.06 bits per heavy atom. The highest BCUT2D eigenvalue weighted by Gasteiger charge is 2.14. The van der Waals surface area contributed by atoms with Crippen LogP contribution in [0.25, 0.3) is 11.0 Å². The molecule has 2 rings (SSSR count). The fourth-order valence-corrected chi connectivity index (χ4v) is 1.92. The van der Waals surface area contributed by atoms with Gasteiger partial charge in [-0.2, -0.15) is 0 Å². The van der Waals surface area contributed by atoms with E-state index in [1.165, 1.54) is 5.56 Å². The monoisotopic (exact) mass is 234 g/mol. The maximum absolute atomic E-state index is 9.79. The normalized spacial score (nSPS) is 12.9. The largest absolute Gasteiger partial charge is 0.493 e. The van der Waals surface area contributed by atoms with Crippen LogP contribution in [0.5, 0.6) is 5.75 Å². The van der Waals surface area contributed by atoms with Gasteiger partial charge in [0.05, 0.1) is 7.11 Å². The summed E-state index contributed by atoms with van der Waals surface area (Å²) in [6.45, 7) is 4.02. The molecular weight excluding hydrogens is 216 g/mol. The van der Waals surface area contributed by atoms with Gasteiger partial charge in [0.1, 0.15) is 11.9 Å². The van der Waals surface area contributed by atoms with E-state index < -0.39 is 6.10 Å². The zero-order chi connectivity index (χ0) is 12.4. The van der Waals surface area contributed by atoms with Crippen molar-refractivity contribution in [2.75, 3.05) is 7.11 Å². The van der Waals surface area contributed by atoms with Crippen molar-refractivity contribution in [2.45, 2.75) is 32.8 Å². The SMILES string of the molecule is CCc1cc(OC)c2oc(C(O)CC)cc2c1. The third-order valence-electron chi connectivity index (χ3n) is 3.00. The Morgan fingerprint density at radius 1 is 1.29 bits per heavy atom. The minimum atomic E-state index is -0.544. The summed E-state index contributed by atoms with van der Waals surface area (Å²) in [7, 11) is 1.63. The minimum absolute atomic E-state index is 0.544. The van der Waals surface area contributed by atoms with Gasteiger partial charge in [-0.1, -0.05) is 13.8 Å². The van der Waals surface area contributed by atoms with Gasteiger partial charge in [0.2, 0.25) is 0 Å². The molecule has 1 N–H and O–H groups in total. The summed E-state index contributed by atoms with van der Waals surface area (Å²) >= 11 is 0. The molecule has 0 aliphatic carbocycles. The van der Waals surface area contributed by atoms with Gasteiger partial charge in [0.25, 0.3) is 0 Å². The van der Waals surface area contributed by atoms with E-state index in [9.17, 15) is 5.11 Å². The molecule has 0 bridgehead atoms. The Bertz CT molecular complexity index is 513. The van der Waals surface area contributed by atoms with Crippen LogP contribution in [0, 0.1) is 0 Å². The third-order valence-corrected chi connectivity index (χ3v) is 3.00. The van der Waals surface area contributed by atoms with Crippen LogP contribution < -0.4 is 4.74 Å². The van der Waals surface area contributed by atoms with E-state index in [1.807, 2.05) is 19.1 Å². The van der Waals surface area contributed by atoms with Gasteiger partial charge in [-0.3, -0.25) is 0 Å². The van der Waals surface area contributed by atoms with Crippen molar-refractivity contribution in [1.82, 2.24) is 0 Å². The number of methoxy groups -OCH3 is 1. The van der Waals surface area contributed by atoms with E-state index in [2.05, 4.69) is 13.0 Å². The molecule has 1 aromatic carbocycles. The van der Waals surface area contributed by atoms with Gasteiger partial charge < -0.3 is 14.3 Å². The minimum Gasteiger partial charge on any atom is -0.493 e. The number of aliphatic hydroxyl groups excluding tert-OH is 1. The molecule has 17 heavy (non-hydrogen) atoms. The van der Waals surface area contributed by atoms with Crippen molar-refractivity contribution in [3.8, 4) is 5.75 Å². The van der Waals surface area contributed by atoms with Crippen molar-refractivity contribution >= 4 is 11.0 Å². The van der Waals surface area contributed by atoms with Crippen molar-refractivity contribution < 1.29 is 14.3 Å². The molecular formula is C14H18O3. The zero-order valence-corrected chi connectivity index (χ0v) is 10.5. The quantitative estimate of drug-likeness (QED) is 0.881. The van der Waals surface area contributed by atoms with Gasteiger partial charge in [0, 0.05) is 5.39 Å². The topological polar surface area (TPSA) is 42.6 Å². The number of rotatable bonds is 4. The van der Waals surface area contributed by atoms with Gasteiger partial charge in [0.15, 0.2) is 11.3 Å². The molecule has 1 atom stereocenters. The first-order chi connectivity index (χ1) is 8.19. The molecule has 0 aliphatic rings. The lowest BCUT2D eigenvalue weighted by Gasteiger charge is -2.04. The molecule has 0 fully saturated rings. The molecule has 0 amide bonds. The van der Waals surface area contributed by atoms with Crippen LogP contribution >= 0.6 is 0 Å². The summed E-state index contributed by atoms with van der Waals surface area (Å²) in [6.07, 6.45) is 1.04. The van der Waals surface area contributed by atoms with Crippen LogP contribution in [0.15, 0.2) is 22.6 Å². The number of ether oxygens (including phenoxy) is 1. The highest BCUT2D eigenvalue weighted by atomic mass is 16.5. The van der Waals surface area contributed by atoms with Crippen LogP contribution in [-0.4, -0.2) is 12.2 Å². The predicted molar refractivity (Wildman–Crippen MR) is 67.4 cm³/mol. The molecule has 92 valence electrons. The number of fused-ring (bicyclic) bond motifs is 1. The smallest absolute Gasteiger partial charge is 0.176 e. The van der Waals surface area contributed by atoms with Crippen LogP contribution in [0.1, 0.15) is 37.7 Å². The first-order valence-corrected chi connectivity index (χ1v) is 5.98. The average Bonchev–Trinajstić information content (AvgIpc) is 2.80. The van der Waals surface area contributed by atoms with Crippen molar-refractivity contribution in [3.05, 3.63) is 29.5 Å². The first-order valence-electron chi connectivity index (χ1n) is 5.98. The highest BCUT2D eigenvalue weighted by molar-refractivity contribution is 5.84. The molecule has 3 heteroatoms. The molecule has 0 saturated carbocycles. The summed E-state index contributed by atoms with van der Waals surface area (Å²) in [5, 5.41) is 10.8. The fourth-order valence-electron chi connectivity index (χ4n) is 1.92. The second kappa shape index (κ2) is 4.80. The molecule has 1 heterocycles.